The predicted molar refractivity (Wildman–Crippen MR) is 108 cm³/mol. The normalized spacial score (nSPS) is 11.6. The average Bonchev–Trinajstić information content (AvgIpc) is 2.69. The van der Waals surface area contributed by atoms with Gasteiger partial charge in [-0.15, -0.1) is 0 Å². The number of benzene rings is 4. The lowest BCUT2D eigenvalue weighted by Crippen LogP contribution is -2.12. The second-order valence-electron chi connectivity index (χ2n) is 6.10. The molecule has 0 radical (unpaired) electrons. The molecule has 0 spiro atoms. The summed E-state index contributed by atoms with van der Waals surface area (Å²) in [5.74, 6) is -1.11. The Labute approximate surface area is 165 Å². The number of halogens is 1. The molecule has 140 valence electrons. The lowest BCUT2D eigenvalue weighted by Gasteiger charge is -2.13. The summed E-state index contributed by atoms with van der Waals surface area (Å²) in [5.41, 5.74) is 0.0118. The molecule has 0 aliphatic heterocycles. The first-order valence-corrected chi connectivity index (χ1v) is 10.0. The zero-order valence-corrected chi connectivity index (χ0v) is 15.9. The van der Waals surface area contributed by atoms with E-state index in [-0.39, 0.29) is 26.6 Å². The Morgan fingerprint density at radius 3 is 2.18 bits per heavy atom. The van der Waals surface area contributed by atoms with E-state index in [4.69, 9.17) is 15.8 Å². The first-order chi connectivity index (χ1) is 13.4. The van der Waals surface area contributed by atoms with Crippen LogP contribution >= 0.6 is 11.6 Å². The molecule has 0 atom stereocenters. The molecule has 5 nitrogen and oxygen atoms in total. The minimum atomic E-state index is -4.27. The van der Waals surface area contributed by atoms with Crippen molar-refractivity contribution in [1.29, 1.82) is 0 Å². The van der Waals surface area contributed by atoms with Crippen LogP contribution in [-0.2, 0) is 10.1 Å². The van der Waals surface area contributed by atoms with E-state index in [1.807, 2.05) is 12.1 Å². The minimum absolute atomic E-state index is 0.0118. The van der Waals surface area contributed by atoms with Crippen molar-refractivity contribution in [3.63, 3.8) is 0 Å². The molecule has 0 bridgehead atoms. The summed E-state index contributed by atoms with van der Waals surface area (Å²) in [6, 6.07) is 19.3. The van der Waals surface area contributed by atoms with Crippen LogP contribution in [0.3, 0.4) is 0 Å². The first kappa shape index (κ1) is 18.3. The van der Waals surface area contributed by atoms with Gasteiger partial charge in [0.15, 0.2) is 5.75 Å². The SMILES string of the molecule is O=C(O)c1ccc(S(=O)(=O)Oc2c(Cl)ccc3ccccc23)c2ccccc12. The number of carboxylic acids is 1. The van der Waals surface area contributed by atoms with Gasteiger partial charge in [-0.1, -0.05) is 66.2 Å². The molecule has 0 saturated heterocycles. The van der Waals surface area contributed by atoms with Crippen LogP contribution in [0.25, 0.3) is 21.5 Å². The molecule has 4 aromatic rings. The van der Waals surface area contributed by atoms with Crippen LogP contribution in [0.15, 0.2) is 77.7 Å². The second-order valence-corrected chi connectivity index (χ2v) is 8.02. The zero-order valence-electron chi connectivity index (χ0n) is 14.3. The van der Waals surface area contributed by atoms with Crippen molar-refractivity contribution in [3.8, 4) is 5.75 Å². The third-order valence-corrected chi connectivity index (χ3v) is 5.99. The summed E-state index contributed by atoms with van der Waals surface area (Å²) in [5, 5.41) is 11.4. The molecular formula is C21H13ClO5S. The molecule has 0 fully saturated rings. The van der Waals surface area contributed by atoms with E-state index in [1.165, 1.54) is 12.1 Å². The molecule has 0 aliphatic rings. The molecular weight excluding hydrogens is 400 g/mol. The maximum absolute atomic E-state index is 13.1. The Bertz CT molecular complexity index is 1350. The molecule has 4 rings (SSSR count). The first-order valence-electron chi connectivity index (χ1n) is 8.25. The molecule has 0 saturated carbocycles. The van der Waals surface area contributed by atoms with Gasteiger partial charge in [-0.2, -0.15) is 8.42 Å². The Hall–Kier alpha value is -3.09. The van der Waals surface area contributed by atoms with Gasteiger partial charge in [0.2, 0.25) is 0 Å². The van der Waals surface area contributed by atoms with Crippen molar-refractivity contribution in [2.75, 3.05) is 0 Å². The van der Waals surface area contributed by atoms with Gasteiger partial charge in [0, 0.05) is 10.8 Å². The van der Waals surface area contributed by atoms with E-state index in [0.29, 0.717) is 10.8 Å². The van der Waals surface area contributed by atoms with Crippen LogP contribution in [0.2, 0.25) is 5.02 Å². The van der Waals surface area contributed by atoms with Crippen LogP contribution in [0, 0.1) is 0 Å². The monoisotopic (exact) mass is 412 g/mol. The molecule has 28 heavy (non-hydrogen) atoms. The number of hydrogen-bond donors (Lipinski definition) is 1. The van der Waals surface area contributed by atoms with Gasteiger partial charge in [-0.25, -0.2) is 4.79 Å². The third-order valence-electron chi connectivity index (χ3n) is 4.41. The van der Waals surface area contributed by atoms with Gasteiger partial charge in [0.1, 0.15) is 4.90 Å². The van der Waals surface area contributed by atoms with E-state index in [1.54, 1.807) is 48.5 Å². The van der Waals surface area contributed by atoms with E-state index in [9.17, 15) is 18.3 Å². The number of hydrogen-bond acceptors (Lipinski definition) is 4. The Balaban J connectivity index is 1.91. The Kier molecular flexibility index (Phi) is 4.45. The lowest BCUT2D eigenvalue weighted by molar-refractivity contribution is 0.0699. The summed E-state index contributed by atoms with van der Waals surface area (Å²) in [7, 11) is -4.27. The lowest BCUT2D eigenvalue weighted by atomic mass is 10.0. The van der Waals surface area contributed by atoms with E-state index in [0.717, 1.165) is 5.39 Å². The number of rotatable bonds is 4. The second kappa shape index (κ2) is 6.82. The van der Waals surface area contributed by atoms with Crippen molar-refractivity contribution < 1.29 is 22.5 Å². The zero-order chi connectivity index (χ0) is 19.9. The van der Waals surface area contributed by atoms with Gasteiger partial charge >= 0.3 is 16.1 Å². The molecule has 7 heteroatoms. The third kappa shape index (κ3) is 3.06. The Morgan fingerprint density at radius 2 is 1.46 bits per heavy atom. The number of carbonyl (C=O) groups is 1. The topological polar surface area (TPSA) is 80.7 Å². The van der Waals surface area contributed by atoms with Gasteiger partial charge in [-0.3, -0.25) is 0 Å². The summed E-state index contributed by atoms with van der Waals surface area (Å²) in [6.07, 6.45) is 0. The summed E-state index contributed by atoms with van der Waals surface area (Å²) >= 11 is 6.21. The number of carboxylic acid groups (broad SMARTS) is 1. The van der Waals surface area contributed by atoms with Crippen LogP contribution in [0.5, 0.6) is 5.75 Å². The summed E-state index contributed by atoms with van der Waals surface area (Å²) in [4.78, 5) is 11.3. The maximum atomic E-state index is 13.1. The predicted octanol–water partition coefficient (Wildman–Crippen LogP) is 5.11. The average molecular weight is 413 g/mol. The quantitative estimate of drug-likeness (QED) is 0.471. The van der Waals surface area contributed by atoms with E-state index >= 15 is 0 Å². The highest BCUT2D eigenvalue weighted by atomic mass is 35.5. The molecule has 0 unspecified atom stereocenters. The van der Waals surface area contributed by atoms with E-state index < -0.39 is 16.1 Å². The largest absolute Gasteiger partial charge is 0.478 e. The number of fused-ring (bicyclic) bond motifs is 2. The van der Waals surface area contributed by atoms with Crippen molar-refractivity contribution >= 4 is 49.2 Å². The van der Waals surface area contributed by atoms with Gasteiger partial charge in [-0.05, 0) is 29.0 Å². The molecule has 0 heterocycles. The van der Waals surface area contributed by atoms with Crippen LogP contribution in [0.4, 0.5) is 0 Å². The highest BCUT2D eigenvalue weighted by Crippen LogP contribution is 2.36. The fourth-order valence-electron chi connectivity index (χ4n) is 3.13. The van der Waals surface area contributed by atoms with Crippen molar-refractivity contribution in [2.24, 2.45) is 0 Å². The summed E-state index contributed by atoms with van der Waals surface area (Å²) in [6.45, 7) is 0. The standard InChI is InChI=1S/C21H13ClO5S/c22-18-11-9-13-5-1-2-6-14(13)20(18)27-28(25,26)19-12-10-17(21(23)24)15-7-3-4-8-16(15)19/h1-12H,(H,23,24). The fraction of sp³-hybridized carbons (Fsp3) is 0. The molecule has 0 aromatic heterocycles. The molecule has 0 aliphatic carbocycles. The van der Waals surface area contributed by atoms with Gasteiger partial charge < -0.3 is 9.29 Å². The van der Waals surface area contributed by atoms with Crippen LogP contribution in [-0.4, -0.2) is 19.5 Å². The molecule has 0 amide bonds. The Morgan fingerprint density at radius 1 is 0.821 bits per heavy atom. The van der Waals surface area contributed by atoms with Crippen LogP contribution < -0.4 is 4.18 Å². The highest BCUT2D eigenvalue weighted by Gasteiger charge is 2.24. The maximum Gasteiger partial charge on any atom is 0.339 e. The number of aromatic carboxylic acids is 1. The van der Waals surface area contributed by atoms with Crippen molar-refractivity contribution in [1.82, 2.24) is 0 Å². The molecule has 1 N–H and O–H groups in total. The summed E-state index contributed by atoms with van der Waals surface area (Å²) < 4.78 is 31.6. The molecule has 4 aromatic carbocycles. The van der Waals surface area contributed by atoms with Gasteiger partial charge in [0.05, 0.1) is 10.6 Å². The van der Waals surface area contributed by atoms with Gasteiger partial charge in [0.25, 0.3) is 0 Å². The fourth-order valence-corrected chi connectivity index (χ4v) is 4.55. The minimum Gasteiger partial charge on any atom is -0.478 e. The smallest absolute Gasteiger partial charge is 0.339 e. The van der Waals surface area contributed by atoms with E-state index in [2.05, 4.69) is 0 Å². The van der Waals surface area contributed by atoms with Crippen molar-refractivity contribution in [2.45, 2.75) is 4.90 Å². The van der Waals surface area contributed by atoms with Crippen LogP contribution in [0.1, 0.15) is 10.4 Å². The highest BCUT2D eigenvalue weighted by molar-refractivity contribution is 7.87. The van der Waals surface area contributed by atoms with Crippen molar-refractivity contribution in [3.05, 3.63) is 83.4 Å².